The van der Waals surface area contributed by atoms with Gasteiger partial charge in [0.05, 0.1) is 6.10 Å². The molecule has 0 heterocycles. The Hall–Kier alpha value is -0.120. The molecule has 2 N–H and O–H groups in total. The second-order valence-electron chi connectivity index (χ2n) is 3.06. The first-order valence-electron chi connectivity index (χ1n) is 4.24. The maximum absolute atomic E-state index is 8.50. The second kappa shape index (κ2) is 4.70. The summed E-state index contributed by atoms with van der Waals surface area (Å²) in [5.41, 5.74) is 0. The van der Waals surface area contributed by atoms with E-state index in [0.717, 1.165) is 25.8 Å². The Labute approximate surface area is 67.7 Å². The molecule has 1 aliphatic rings. The van der Waals surface area contributed by atoms with Gasteiger partial charge in [-0.2, -0.15) is 0 Å². The van der Waals surface area contributed by atoms with Crippen molar-refractivity contribution in [2.24, 2.45) is 0 Å². The van der Waals surface area contributed by atoms with Gasteiger partial charge in [-0.15, -0.1) is 0 Å². The number of rotatable bonds is 5. The van der Waals surface area contributed by atoms with E-state index in [1.807, 2.05) is 0 Å². The zero-order valence-corrected chi connectivity index (χ0v) is 7.05. The summed E-state index contributed by atoms with van der Waals surface area (Å²) in [7, 11) is 1.76. The SMILES string of the molecule is COC1CC(NCCCO)C1. The third kappa shape index (κ3) is 2.77. The molecule has 0 aliphatic heterocycles. The van der Waals surface area contributed by atoms with Gasteiger partial charge in [-0.1, -0.05) is 0 Å². The molecule has 0 unspecified atom stereocenters. The van der Waals surface area contributed by atoms with Crippen LogP contribution in [0, 0.1) is 0 Å². The molecule has 11 heavy (non-hydrogen) atoms. The summed E-state index contributed by atoms with van der Waals surface area (Å²) in [4.78, 5) is 0. The average molecular weight is 159 g/mol. The van der Waals surface area contributed by atoms with Crippen LogP contribution in [0.25, 0.3) is 0 Å². The van der Waals surface area contributed by atoms with Gasteiger partial charge in [-0.05, 0) is 25.8 Å². The molecule has 1 aliphatic carbocycles. The van der Waals surface area contributed by atoms with Crippen molar-refractivity contribution in [3.8, 4) is 0 Å². The van der Waals surface area contributed by atoms with Crippen molar-refractivity contribution in [2.45, 2.75) is 31.4 Å². The van der Waals surface area contributed by atoms with Gasteiger partial charge in [-0.3, -0.25) is 0 Å². The number of ether oxygens (including phenoxy) is 1. The van der Waals surface area contributed by atoms with E-state index in [0.29, 0.717) is 12.1 Å². The molecule has 0 radical (unpaired) electrons. The van der Waals surface area contributed by atoms with Crippen LogP contribution in [0.1, 0.15) is 19.3 Å². The fourth-order valence-electron chi connectivity index (χ4n) is 1.31. The Morgan fingerprint density at radius 2 is 2.27 bits per heavy atom. The highest BCUT2D eigenvalue weighted by Crippen LogP contribution is 2.22. The Balaban J connectivity index is 1.88. The molecule has 66 valence electrons. The highest BCUT2D eigenvalue weighted by molar-refractivity contribution is 4.85. The van der Waals surface area contributed by atoms with Gasteiger partial charge >= 0.3 is 0 Å². The minimum absolute atomic E-state index is 0.285. The van der Waals surface area contributed by atoms with Crippen LogP contribution < -0.4 is 5.32 Å². The molecule has 0 amide bonds. The molecule has 1 fully saturated rings. The van der Waals surface area contributed by atoms with Crippen molar-refractivity contribution in [2.75, 3.05) is 20.3 Å². The van der Waals surface area contributed by atoms with Crippen molar-refractivity contribution < 1.29 is 9.84 Å². The fourth-order valence-corrected chi connectivity index (χ4v) is 1.31. The zero-order valence-electron chi connectivity index (χ0n) is 7.05. The Morgan fingerprint density at radius 1 is 1.55 bits per heavy atom. The molecular formula is C8H17NO2. The second-order valence-corrected chi connectivity index (χ2v) is 3.06. The Kier molecular flexibility index (Phi) is 3.83. The highest BCUT2D eigenvalue weighted by atomic mass is 16.5. The molecule has 1 rings (SSSR count). The smallest absolute Gasteiger partial charge is 0.0601 e. The van der Waals surface area contributed by atoms with Crippen LogP contribution in [0.3, 0.4) is 0 Å². The number of hydrogen-bond donors (Lipinski definition) is 2. The van der Waals surface area contributed by atoms with E-state index in [-0.39, 0.29) is 6.61 Å². The van der Waals surface area contributed by atoms with Crippen LogP contribution in [0.5, 0.6) is 0 Å². The molecule has 3 heteroatoms. The fraction of sp³-hybridized carbons (Fsp3) is 1.00. The van der Waals surface area contributed by atoms with E-state index < -0.39 is 0 Å². The van der Waals surface area contributed by atoms with E-state index in [4.69, 9.17) is 9.84 Å². The average Bonchev–Trinajstić information content (AvgIpc) is 1.94. The standard InChI is InChI=1S/C8H17NO2/c1-11-8-5-7(6-8)9-3-2-4-10/h7-10H,2-6H2,1H3. The van der Waals surface area contributed by atoms with Crippen LogP contribution in [0.4, 0.5) is 0 Å². The Morgan fingerprint density at radius 3 is 2.82 bits per heavy atom. The molecule has 1 saturated carbocycles. The molecule has 0 atom stereocenters. The van der Waals surface area contributed by atoms with Crippen molar-refractivity contribution in [3.63, 3.8) is 0 Å². The lowest BCUT2D eigenvalue weighted by molar-refractivity contribution is 0.0172. The number of hydrogen-bond acceptors (Lipinski definition) is 3. The first kappa shape index (κ1) is 8.97. The lowest BCUT2D eigenvalue weighted by atomic mass is 9.89. The minimum Gasteiger partial charge on any atom is -0.396 e. The van der Waals surface area contributed by atoms with Crippen LogP contribution in [-0.2, 0) is 4.74 Å². The van der Waals surface area contributed by atoms with Gasteiger partial charge in [0, 0.05) is 19.8 Å². The summed E-state index contributed by atoms with van der Waals surface area (Å²) in [6, 6.07) is 0.631. The van der Waals surface area contributed by atoms with Gasteiger partial charge in [0.2, 0.25) is 0 Å². The van der Waals surface area contributed by atoms with E-state index in [2.05, 4.69) is 5.32 Å². The van der Waals surface area contributed by atoms with Crippen LogP contribution in [0.2, 0.25) is 0 Å². The maximum Gasteiger partial charge on any atom is 0.0601 e. The van der Waals surface area contributed by atoms with Crippen molar-refractivity contribution in [1.82, 2.24) is 5.32 Å². The molecule has 3 nitrogen and oxygen atoms in total. The third-order valence-electron chi connectivity index (χ3n) is 2.20. The zero-order chi connectivity index (χ0) is 8.10. The van der Waals surface area contributed by atoms with E-state index in [1.165, 1.54) is 0 Å². The number of nitrogens with one attached hydrogen (secondary N) is 1. The number of methoxy groups -OCH3 is 1. The quantitative estimate of drug-likeness (QED) is 0.560. The van der Waals surface area contributed by atoms with E-state index in [9.17, 15) is 0 Å². The maximum atomic E-state index is 8.50. The van der Waals surface area contributed by atoms with Crippen LogP contribution in [-0.4, -0.2) is 37.5 Å². The summed E-state index contributed by atoms with van der Waals surface area (Å²) in [6.07, 6.45) is 3.58. The van der Waals surface area contributed by atoms with Crippen LogP contribution >= 0.6 is 0 Å². The van der Waals surface area contributed by atoms with E-state index in [1.54, 1.807) is 7.11 Å². The summed E-state index contributed by atoms with van der Waals surface area (Å²) in [5.74, 6) is 0. The normalized spacial score (nSPS) is 30.0. The predicted molar refractivity (Wildman–Crippen MR) is 43.5 cm³/mol. The molecule has 0 aromatic heterocycles. The third-order valence-corrected chi connectivity index (χ3v) is 2.20. The molecule has 0 aromatic carbocycles. The number of aliphatic hydroxyl groups is 1. The molecular weight excluding hydrogens is 142 g/mol. The van der Waals surface area contributed by atoms with Gasteiger partial charge in [0.1, 0.15) is 0 Å². The van der Waals surface area contributed by atoms with Crippen molar-refractivity contribution >= 4 is 0 Å². The van der Waals surface area contributed by atoms with Gasteiger partial charge in [0.15, 0.2) is 0 Å². The lowest BCUT2D eigenvalue weighted by Crippen LogP contribution is -2.45. The first-order chi connectivity index (χ1) is 5.36. The molecule has 0 aromatic rings. The monoisotopic (exact) mass is 159 g/mol. The van der Waals surface area contributed by atoms with Gasteiger partial charge in [-0.25, -0.2) is 0 Å². The van der Waals surface area contributed by atoms with Crippen molar-refractivity contribution in [1.29, 1.82) is 0 Å². The van der Waals surface area contributed by atoms with Crippen molar-refractivity contribution in [3.05, 3.63) is 0 Å². The molecule has 0 saturated heterocycles. The van der Waals surface area contributed by atoms with Gasteiger partial charge < -0.3 is 15.2 Å². The first-order valence-corrected chi connectivity index (χ1v) is 4.24. The predicted octanol–water partition coefficient (Wildman–Crippen LogP) is 0.136. The number of aliphatic hydroxyl groups excluding tert-OH is 1. The molecule has 0 spiro atoms. The van der Waals surface area contributed by atoms with E-state index >= 15 is 0 Å². The Bertz CT molecular complexity index is 102. The van der Waals surface area contributed by atoms with Crippen LogP contribution in [0.15, 0.2) is 0 Å². The lowest BCUT2D eigenvalue weighted by Gasteiger charge is -2.34. The topological polar surface area (TPSA) is 41.5 Å². The summed E-state index contributed by atoms with van der Waals surface area (Å²) in [5, 5.41) is 11.8. The molecule has 0 bridgehead atoms. The highest BCUT2D eigenvalue weighted by Gasteiger charge is 2.27. The summed E-state index contributed by atoms with van der Waals surface area (Å²) >= 11 is 0. The summed E-state index contributed by atoms with van der Waals surface area (Å²) in [6.45, 7) is 1.21. The summed E-state index contributed by atoms with van der Waals surface area (Å²) < 4.78 is 5.13. The van der Waals surface area contributed by atoms with Gasteiger partial charge in [0.25, 0.3) is 0 Å². The largest absolute Gasteiger partial charge is 0.396 e. The minimum atomic E-state index is 0.285.